The highest BCUT2D eigenvalue weighted by Gasteiger charge is 2.06. The number of carbonyl (C=O) groups excluding carboxylic acids is 1. The Kier molecular flexibility index (Phi) is 4.54. The van der Waals surface area contributed by atoms with Crippen LogP contribution < -0.4 is 10.1 Å². The van der Waals surface area contributed by atoms with E-state index in [0.29, 0.717) is 29.3 Å². The first-order chi connectivity index (χ1) is 9.29. The maximum atomic E-state index is 11.8. The first-order valence-corrected chi connectivity index (χ1v) is 6.62. The lowest BCUT2D eigenvalue weighted by atomic mass is 10.3. The van der Waals surface area contributed by atoms with Crippen molar-refractivity contribution < 1.29 is 9.53 Å². The molecule has 1 aromatic heterocycles. The minimum atomic E-state index is -0.117. The van der Waals surface area contributed by atoms with Crippen LogP contribution in [-0.4, -0.2) is 12.5 Å². The Morgan fingerprint density at radius 3 is 2.74 bits per heavy atom. The molecule has 2 rings (SSSR count). The molecule has 5 heteroatoms. The van der Waals surface area contributed by atoms with E-state index in [2.05, 4.69) is 5.32 Å². The molecule has 0 radical (unpaired) electrons. The first kappa shape index (κ1) is 13.1. The van der Waals surface area contributed by atoms with Gasteiger partial charge in [0.25, 0.3) is 5.91 Å². The number of nitrogens with one attached hydrogen (secondary N) is 1. The van der Waals surface area contributed by atoms with Crippen molar-refractivity contribution in [2.45, 2.75) is 6.42 Å². The first-order valence-electron chi connectivity index (χ1n) is 5.74. The van der Waals surface area contributed by atoms with Gasteiger partial charge in [0.05, 0.1) is 17.4 Å². The lowest BCUT2D eigenvalue weighted by Gasteiger charge is -2.06. The maximum Gasteiger partial charge on any atom is 0.265 e. The molecule has 0 saturated carbocycles. The molecule has 1 amide bonds. The van der Waals surface area contributed by atoms with Crippen LogP contribution in [0.2, 0.25) is 0 Å². The number of rotatable bonds is 5. The molecule has 0 atom stereocenters. The zero-order valence-corrected chi connectivity index (χ0v) is 10.9. The topological polar surface area (TPSA) is 62.1 Å². The van der Waals surface area contributed by atoms with Crippen molar-refractivity contribution >= 4 is 22.9 Å². The molecule has 0 fully saturated rings. The second-order valence-corrected chi connectivity index (χ2v) is 4.66. The number of amides is 1. The summed E-state index contributed by atoms with van der Waals surface area (Å²) in [4.78, 5) is 12.5. The minimum Gasteiger partial charge on any atom is -0.493 e. The number of hydrogen-bond acceptors (Lipinski definition) is 4. The van der Waals surface area contributed by atoms with Gasteiger partial charge in [-0.05, 0) is 35.7 Å². The molecule has 19 heavy (non-hydrogen) atoms. The lowest BCUT2D eigenvalue weighted by molar-refractivity contribution is 0.103. The van der Waals surface area contributed by atoms with Gasteiger partial charge in [-0.15, -0.1) is 11.3 Å². The van der Waals surface area contributed by atoms with E-state index < -0.39 is 0 Å². The van der Waals surface area contributed by atoms with Crippen LogP contribution in [-0.2, 0) is 0 Å². The van der Waals surface area contributed by atoms with Crippen molar-refractivity contribution in [2.24, 2.45) is 0 Å². The average molecular weight is 272 g/mol. The lowest BCUT2D eigenvalue weighted by Crippen LogP contribution is -2.09. The number of carbonyl (C=O) groups is 1. The summed E-state index contributed by atoms with van der Waals surface area (Å²) >= 11 is 1.40. The number of benzene rings is 1. The third-order valence-electron chi connectivity index (χ3n) is 2.34. The van der Waals surface area contributed by atoms with Crippen LogP contribution in [0.5, 0.6) is 5.75 Å². The molecule has 0 aliphatic heterocycles. The van der Waals surface area contributed by atoms with Gasteiger partial charge in [0.1, 0.15) is 12.4 Å². The van der Waals surface area contributed by atoms with Crippen molar-refractivity contribution in [1.29, 1.82) is 5.26 Å². The molecular weight excluding hydrogens is 260 g/mol. The van der Waals surface area contributed by atoms with Crippen LogP contribution in [0.4, 0.5) is 5.69 Å². The zero-order chi connectivity index (χ0) is 13.5. The molecular formula is C14H12N2O2S. The van der Waals surface area contributed by atoms with Gasteiger partial charge in [0.15, 0.2) is 0 Å². The number of hydrogen-bond donors (Lipinski definition) is 1. The quantitative estimate of drug-likeness (QED) is 0.849. The standard InChI is InChI=1S/C14H12N2O2S/c15-8-2-9-18-12-6-4-11(5-7-12)16-14(17)13-3-1-10-19-13/h1,3-7,10H,2,9H2,(H,16,17). The van der Waals surface area contributed by atoms with Gasteiger partial charge in [-0.2, -0.15) is 5.26 Å². The summed E-state index contributed by atoms with van der Waals surface area (Å²) in [7, 11) is 0. The summed E-state index contributed by atoms with van der Waals surface area (Å²) < 4.78 is 5.35. The van der Waals surface area contributed by atoms with E-state index in [9.17, 15) is 4.79 Å². The van der Waals surface area contributed by atoms with Gasteiger partial charge >= 0.3 is 0 Å². The molecule has 0 bridgehead atoms. The average Bonchev–Trinajstić information content (AvgIpc) is 2.95. The Morgan fingerprint density at radius 1 is 1.32 bits per heavy atom. The Bertz CT molecular complexity index is 570. The Balaban J connectivity index is 1.92. The fourth-order valence-corrected chi connectivity index (χ4v) is 2.07. The highest BCUT2D eigenvalue weighted by atomic mass is 32.1. The molecule has 0 aliphatic carbocycles. The molecule has 0 saturated heterocycles. The largest absolute Gasteiger partial charge is 0.493 e. The molecule has 0 unspecified atom stereocenters. The van der Waals surface area contributed by atoms with E-state index in [-0.39, 0.29) is 5.91 Å². The summed E-state index contributed by atoms with van der Waals surface area (Å²) in [5, 5.41) is 13.1. The normalized spacial score (nSPS) is 9.63. The van der Waals surface area contributed by atoms with E-state index in [0.717, 1.165) is 0 Å². The number of ether oxygens (including phenoxy) is 1. The van der Waals surface area contributed by atoms with E-state index in [1.807, 2.05) is 17.5 Å². The van der Waals surface area contributed by atoms with Crippen LogP contribution in [0.1, 0.15) is 16.1 Å². The van der Waals surface area contributed by atoms with Crippen molar-refractivity contribution in [2.75, 3.05) is 11.9 Å². The molecule has 0 spiro atoms. The summed E-state index contributed by atoms with van der Waals surface area (Å²) in [6.07, 6.45) is 0.358. The maximum absolute atomic E-state index is 11.8. The smallest absolute Gasteiger partial charge is 0.265 e. The Morgan fingerprint density at radius 2 is 2.11 bits per heavy atom. The molecule has 4 nitrogen and oxygen atoms in total. The fourth-order valence-electron chi connectivity index (χ4n) is 1.45. The van der Waals surface area contributed by atoms with Gasteiger partial charge in [0.2, 0.25) is 0 Å². The van der Waals surface area contributed by atoms with Gasteiger partial charge in [-0.3, -0.25) is 4.79 Å². The van der Waals surface area contributed by atoms with Crippen LogP contribution in [0.25, 0.3) is 0 Å². The third-order valence-corrected chi connectivity index (χ3v) is 3.21. The van der Waals surface area contributed by atoms with Gasteiger partial charge < -0.3 is 10.1 Å². The summed E-state index contributed by atoms with van der Waals surface area (Å²) in [6, 6.07) is 12.7. The van der Waals surface area contributed by atoms with E-state index in [1.54, 1.807) is 30.3 Å². The van der Waals surface area contributed by atoms with E-state index >= 15 is 0 Å². The van der Waals surface area contributed by atoms with Crippen LogP contribution >= 0.6 is 11.3 Å². The predicted molar refractivity (Wildman–Crippen MR) is 74.4 cm³/mol. The SMILES string of the molecule is N#CCCOc1ccc(NC(=O)c2cccs2)cc1. The summed E-state index contributed by atoms with van der Waals surface area (Å²) in [6.45, 7) is 0.372. The fraction of sp³-hybridized carbons (Fsp3) is 0.143. The van der Waals surface area contributed by atoms with E-state index in [1.165, 1.54) is 11.3 Å². The van der Waals surface area contributed by atoms with Gasteiger partial charge in [-0.25, -0.2) is 0 Å². The monoisotopic (exact) mass is 272 g/mol. The molecule has 96 valence electrons. The van der Waals surface area contributed by atoms with Crippen molar-refractivity contribution in [3.8, 4) is 11.8 Å². The second kappa shape index (κ2) is 6.57. The zero-order valence-electron chi connectivity index (χ0n) is 10.1. The predicted octanol–water partition coefficient (Wildman–Crippen LogP) is 3.29. The Hall–Kier alpha value is -2.32. The molecule has 1 heterocycles. The number of nitriles is 1. The second-order valence-electron chi connectivity index (χ2n) is 3.71. The molecule has 0 aliphatic rings. The third kappa shape index (κ3) is 3.83. The Labute approximate surface area is 115 Å². The van der Waals surface area contributed by atoms with Crippen LogP contribution in [0, 0.1) is 11.3 Å². The summed E-state index contributed by atoms with van der Waals surface area (Å²) in [5.41, 5.74) is 0.714. The van der Waals surface area contributed by atoms with Gasteiger partial charge in [0, 0.05) is 5.69 Å². The molecule has 1 N–H and O–H groups in total. The van der Waals surface area contributed by atoms with Crippen LogP contribution in [0.3, 0.4) is 0 Å². The van der Waals surface area contributed by atoms with Gasteiger partial charge in [-0.1, -0.05) is 6.07 Å². The van der Waals surface area contributed by atoms with Crippen molar-refractivity contribution in [3.05, 3.63) is 46.7 Å². The minimum absolute atomic E-state index is 0.117. The number of nitrogens with zero attached hydrogens (tertiary/aromatic N) is 1. The molecule has 1 aromatic carbocycles. The highest BCUT2D eigenvalue weighted by molar-refractivity contribution is 7.12. The van der Waals surface area contributed by atoms with Crippen molar-refractivity contribution in [1.82, 2.24) is 0 Å². The van der Waals surface area contributed by atoms with E-state index in [4.69, 9.17) is 10.00 Å². The molecule has 2 aromatic rings. The highest BCUT2D eigenvalue weighted by Crippen LogP contribution is 2.17. The number of thiophene rings is 1. The van der Waals surface area contributed by atoms with Crippen LogP contribution in [0.15, 0.2) is 41.8 Å². The van der Waals surface area contributed by atoms with Crippen molar-refractivity contribution in [3.63, 3.8) is 0 Å². The summed E-state index contributed by atoms with van der Waals surface area (Å²) in [5.74, 6) is 0.567. The number of anilines is 1.